The third-order valence-electron chi connectivity index (χ3n) is 5.03. The number of benzene rings is 1. The van der Waals surface area contributed by atoms with Crippen LogP contribution >= 0.6 is 0 Å². The van der Waals surface area contributed by atoms with Gasteiger partial charge in [0.15, 0.2) is 17.3 Å². The van der Waals surface area contributed by atoms with Crippen molar-refractivity contribution in [3.63, 3.8) is 0 Å². The zero-order valence-corrected chi connectivity index (χ0v) is 16.3. The second-order valence-electron chi connectivity index (χ2n) is 6.95. The molecule has 166 valence electrons. The fourth-order valence-electron chi connectivity index (χ4n) is 3.55. The van der Waals surface area contributed by atoms with Crippen molar-refractivity contribution in [3.05, 3.63) is 63.7 Å². The number of carbonyl (C=O) groups is 2. The topological polar surface area (TPSA) is 116 Å². The van der Waals surface area contributed by atoms with Gasteiger partial charge in [-0.15, -0.1) is 0 Å². The predicted molar refractivity (Wildman–Crippen MR) is 106 cm³/mol. The van der Waals surface area contributed by atoms with Crippen LogP contribution in [0.5, 0.6) is 0 Å². The second kappa shape index (κ2) is 7.96. The van der Waals surface area contributed by atoms with Crippen molar-refractivity contribution in [2.24, 2.45) is 0 Å². The molecule has 1 saturated heterocycles. The first-order valence-electron chi connectivity index (χ1n) is 9.35. The molecule has 2 N–H and O–H groups in total. The average Bonchev–Trinajstić information content (AvgIpc) is 3.09. The Balaban J connectivity index is 1.98. The quantitative estimate of drug-likeness (QED) is 0.614. The SMILES string of the molecule is O=C(O)c1cn(-c2c(F)cc(F)cc2F)c2nc(N3CCN(CCO)C3=O)ccc2c1=O. The van der Waals surface area contributed by atoms with Gasteiger partial charge in [0.25, 0.3) is 0 Å². The highest BCUT2D eigenvalue weighted by atomic mass is 19.1. The van der Waals surface area contributed by atoms with Crippen molar-refractivity contribution in [1.82, 2.24) is 14.5 Å². The smallest absolute Gasteiger partial charge is 0.341 e. The standard InChI is InChI=1S/C20H15F3N4O5/c21-10-7-13(22)16(14(23)8-10)27-9-12(19(30)31)17(29)11-1-2-15(24-18(11)27)26-4-3-25(5-6-28)20(26)32/h1-2,7-9,28H,3-6H2,(H,30,31). The fraction of sp³-hybridized carbons (Fsp3) is 0.200. The molecular weight excluding hydrogens is 433 g/mol. The van der Waals surface area contributed by atoms with Crippen molar-refractivity contribution >= 4 is 28.9 Å². The average molecular weight is 448 g/mol. The summed E-state index contributed by atoms with van der Waals surface area (Å²) in [5, 5.41) is 18.2. The molecule has 2 amide bonds. The number of carbonyl (C=O) groups excluding carboxylic acids is 1. The molecule has 1 fully saturated rings. The van der Waals surface area contributed by atoms with E-state index in [-0.39, 0.29) is 36.5 Å². The molecule has 1 aliphatic heterocycles. The van der Waals surface area contributed by atoms with Crippen LogP contribution in [0.3, 0.4) is 0 Å². The van der Waals surface area contributed by atoms with Gasteiger partial charge in [0.05, 0.1) is 12.0 Å². The number of nitrogens with zero attached hydrogens (tertiary/aromatic N) is 4. The number of β-amino-alcohol motifs (C(OH)–C–C–N with tert-alkyl or cyclic N) is 1. The van der Waals surface area contributed by atoms with Crippen molar-refractivity contribution in [1.29, 1.82) is 0 Å². The molecule has 0 aliphatic carbocycles. The first-order chi connectivity index (χ1) is 15.2. The molecule has 2 aromatic heterocycles. The summed E-state index contributed by atoms with van der Waals surface area (Å²) in [4.78, 5) is 43.5. The van der Waals surface area contributed by atoms with Crippen LogP contribution < -0.4 is 10.3 Å². The molecule has 12 heteroatoms. The largest absolute Gasteiger partial charge is 0.477 e. The summed E-state index contributed by atoms with van der Waals surface area (Å²) in [6, 6.07) is 2.84. The molecule has 9 nitrogen and oxygen atoms in total. The lowest BCUT2D eigenvalue weighted by Gasteiger charge is -2.19. The lowest BCUT2D eigenvalue weighted by Crippen LogP contribution is -2.34. The molecule has 0 atom stereocenters. The lowest BCUT2D eigenvalue weighted by atomic mass is 10.1. The van der Waals surface area contributed by atoms with Crippen molar-refractivity contribution < 1.29 is 33.0 Å². The van der Waals surface area contributed by atoms with Crippen LogP contribution in [-0.2, 0) is 0 Å². The Hall–Kier alpha value is -3.93. The van der Waals surface area contributed by atoms with Gasteiger partial charge in [0.1, 0.15) is 22.9 Å². The Morgan fingerprint density at radius 3 is 2.41 bits per heavy atom. The molecule has 0 saturated carbocycles. The Morgan fingerprint density at radius 1 is 1.09 bits per heavy atom. The van der Waals surface area contributed by atoms with E-state index in [0.717, 1.165) is 0 Å². The summed E-state index contributed by atoms with van der Waals surface area (Å²) >= 11 is 0. The fourth-order valence-corrected chi connectivity index (χ4v) is 3.55. The van der Waals surface area contributed by atoms with Gasteiger partial charge in [-0.2, -0.15) is 0 Å². The molecule has 32 heavy (non-hydrogen) atoms. The van der Waals surface area contributed by atoms with E-state index in [1.54, 1.807) is 0 Å². The number of carboxylic acid groups (broad SMARTS) is 1. The minimum absolute atomic E-state index is 0.0436. The molecule has 0 spiro atoms. The maximum atomic E-state index is 14.5. The number of aromatic nitrogens is 2. The number of carboxylic acids is 1. The maximum absolute atomic E-state index is 14.5. The van der Waals surface area contributed by atoms with Crippen LogP contribution in [0.2, 0.25) is 0 Å². The van der Waals surface area contributed by atoms with Crippen molar-refractivity contribution in [2.75, 3.05) is 31.1 Å². The summed E-state index contributed by atoms with van der Waals surface area (Å²) in [6.45, 7) is 0.353. The van der Waals surface area contributed by atoms with Crippen LogP contribution in [0.15, 0.2) is 35.3 Å². The van der Waals surface area contributed by atoms with Gasteiger partial charge >= 0.3 is 12.0 Å². The van der Waals surface area contributed by atoms with E-state index in [1.165, 1.54) is 21.9 Å². The summed E-state index contributed by atoms with van der Waals surface area (Å²) in [7, 11) is 0. The van der Waals surface area contributed by atoms with E-state index in [0.29, 0.717) is 29.4 Å². The normalized spacial score (nSPS) is 13.9. The van der Waals surface area contributed by atoms with Crippen LogP contribution in [0.1, 0.15) is 10.4 Å². The molecule has 4 rings (SSSR count). The number of hydrogen-bond donors (Lipinski definition) is 2. The highest BCUT2D eigenvalue weighted by Gasteiger charge is 2.30. The van der Waals surface area contributed by atoms with Gasteiger partial charge in [-0.3, -0.25) is 14.3 Å². The number of fused-ring (bicyclic) bond motifs is 1. The van der Waals surface area contributed by atoms with Crippen LogP contribution in [0.4, 0.5) is 23.8 Å². The highest BCUT2D eigenvalue weighted by Crippen LogP contribution is 2.26. The number of pyridine rings is 2. The van der Waals surface area contributed by atoms with Gasteiger partial charge in [0, 0.05) is 38.0 Å². The number of rotatable bonds is 5. The minimum Gasteiger partial charge on any atom is -0.477 e. The molecule has 0 bridgehead atoms. The van der Waals surface area contributed by atoms with Crippen molar-refractivity contribution in [3.8, 4) is 5.69 Å². The van der Waals surface area contributed by atoms with Gasteiger partial charge in [-0.1, -0.05) is 0 Å². The van der Waals surface area contributed by atoms with Gasteiger partial charge in [-0.05, 0) is 12.1 Å². The molecular formula is C20H15F3N4O5. The lowest BCUT2D eigenvalue weighted by molar-refractivity contribution is 0.0695. The Kier molecular flexibility index (Phi) is 5.30. The zero-order chi connectivity index (χ0) is 23.2. The summed E-state index contributed by atoms with van der Waals surface area (Å²) < 4.78 is 43.1. The van der Waals surface area contributed by atoms with Crippen LogP contribution in [0, 0.1) is 17.5 Å². The third kappa shape index (κ3) is 3.43. The molecule has 1 aliphatic rings. The van der Waals surface area contributed by atoms with E-state index in [2.05, 4.69) is 4.98 Å². The number of aromatic carboxylic acids is 1. The van der Waals surface area contributed by atoms with E-state index in [4.69, 9.17) is 5.11 Å². The molecule has 3 aromatic rings. The van der Waals surface area contributed by atoms with Gasteiger partial charge in [-0.25, -0.2) is 27.7 Å². The monoisotopic (exact) mass is 448 g/mol. The maximum Gasteiger partial charge on any atom is 0.341 e. The Labute approximate surface area is 177 Å². The van der Waals surface area contributed by atoms with Crippen LogP contribution in [-0.4, -0.2) is 62.9 Å². The number of hydrogen-bond acceptors (Lipinski definition) is 5. The van der Waals surface area contributed by atoms with E-state index < -0.39 is 46.1 Å². The number of halogens is 3. The Morgan fingerprint density at radius 2 is 1.78 bits per heavy atom. The molecule has 3 heterocycles. The van der Waals surface area contributed by atoms with E-state index in [1.807, 2.05) is 0 Å². The molecule has 0 radical (unpaired) electrons. The second-order valence-corrected chi connectivity index (χ2v) is 6.95. The van der Waals surface area contributed by atoms with Crippen LogP contribution in [0.25, 0.3) is 16.7 Å². The first kappa shape index (κ1) is 21.3. The first-order valence-corrected chi connectivity index (χ1v) is 9.35. The predicted octanol–water partition coefficient (Wildman–Crippen LogP) is 1.74. The van der Waals surface area contributed by atoms with Gasteiger partial charge < -0.3 is 15.1 Å². The number of aliphatic hydroxyl groups is 1. The number of amides is 2. The summed E-state index contributed by atoms with van der Waals surface area (Å²) in [5.74, 6) is -5.47. The Bertz CT molecular complexity index is 1300. The summed E-state index contributed by atoms with van der Waals surface area (Å²) in [6.07, 6.45) is 0.701. The van der Waals surface area contributed by atoms with E-state index in [9.17, 15) is 32.7 Å². The highest BCUT2D eigenvalue weighted by molar-refractivity contribution is 5.96. The number of anilines is 1. The number of aliphatic hydroxyl groups excluding tert-OH is 1. The number of urea groups is 1. The van der Waals surface area contributed by atoms with Gasteiger partial charge in [0.2, 0.25) is 5.43 Å². The third-order valence-corrected chi connectivity index (χ3v) is 5.03. The minimum atomic E-state index is -1.63. The molecule has 1 aromatic carbocycles. The van der Waals surface area contributed by atoms with E-state index >= 15 is 0 Å². The molecule has 0 unspecified atom stereocenters. The summed E-state index contributed by atoms with van der Waals surface area (Å²) in [5.41, 5.74) is -2.88. The van der Waals surface area contributed by atoms with Crippen molar-refractivity contribution in [2.45, 2.75) is 0 Å². The zero-order valence-electron chi connectivity index (χ0n) is 16.3.